The van der Waals surface area contributed by atoms with E-state index >= 15 is 0 Å². The van der Waals surface area contributed by atoms with E-state index in [4.69, 9.17) is 0 Å². The number of carbonyl (C=O) groups is 1. The van der Waals surface area contributed by atoms with Crippen molar-refractivity contribution in [3.8, 4) is 0 Å². The maximum Gasteiger partial charge on any atom is 0.471 e. The molecular formula is C7H7F3N2OS. The minimum absolute atomic E-state index is 0.447. The number of nitrogens with zero attached hydrogens (tertiary/aromatic N) is 1. The van der Waals surface area contributed by atoms with E-state index in [1.807, 2.05) is 0 Å². The predicted molar refractivity (Wildman–Crippen MR) is 44.7 cm³/mol. The van der Waals surface area contributed by atoms with Crippen molar-refractivity contribution in [2.24, 2.45) is 0 Å². The number of aromatic nitrogens is 1. The molecule has 0 fully saturated rings. The lowest BCUT2D eigenvalue weighted by molar-refractivity contribution is -0.174. The van der Waals surface area contributed by atoms with Crippen molar-refractivity contribution in [1.82, 2.24) is 10.3 Å². The van der Waals surface area contributed by atoms with Gasteiger partial charge in [0.1, 0.15) is 5.01 Å². The van der Waals surface area contributed by atoms with Crippen molar-refractivity contribution < 1.29 is 18.0 Å². The lowest BCUT2D eigenvalue weighted by atomic mass is 10.3. The van der Waals surface area contributed by atoms with Gasteiger partial charge in [0.05, 0.1) is 6.04 Å². The zero-order chi connectivity index (χ0) is 10.8. The van der Waals surface area contributed by atoms with Crippen LogP contribution in [0.1, 0.15) is 18.0 Å². The Hall–Kier alpha value is -1.11. The molecule has 0 aromatic carbocycles. The number of thiazole rings is 1. The van der Waals surface area contributed by atoms with Gasteiger partial charge in [0, 0.05) is 11.6 Å². The maximum atomic E-state index is 11.8. The third kappa shape index (κ3) is 2.69. The van der Waals surface area contributed by atoms with Crippen LogP contribution in [0.5, 0.6) is 0 Å². The van der Waals surface area contributed by atoms with E-state index in [9.17, 15) is 18.0 Å². The third-order valence-electron chi connectivity index (χ3n) is 1.43. The first-order valence-electron chi connectivity index (χ1n) is 3.68. The Balaban J connectivity index is 2.58. The summed E-state index contributed by atoms with van der Waals surface area (Å²) in [5, 5.41) is 3.88. The van der Waals surface area contributed by atoms with Crippen molar-refractivity contribution in [2.75, 3.05) is 0 Å². The summed E-state index contributed by atoms with van der Waals surface area (Å²) >= 11 is 1.19. The fourth-order valence-electron chi connectivity index (χ4n) is 0.789. The number of carbonyl (C=O) groups excluding carboxylic acids is 1. The summed E-state index contributed by atoms with van der Waals surface area (Å²) in [5.41, 5.74) is 0. The number of alkyl halides is 3. The monoisotopic (exact) mass is 224 g/mol. The Morgan fingerprint density at radius 1 is 1.64 bits per heavy atom. The van der Waals surface area contributed by atoms with Crippen LogP contribution in [-0.4, -0.2) is 17.1 Å². The van der Waals surface area contributed by atoms with Crippen LogP contribution in [0.15, 0.2) is 11.6 Å². The molecule has 0 aliphatic carbocycles. The zero-order valence-electron chi connectivity index (χ0n) is 7.13. The number of amides is 1. The molecule has 1 rings (SSSR count). The molecule has 14 heavy (non-hydrogen) atoms. The topological polar surface area (TPSA) is 42.0 Å². The quantitative estimate of drug-likeness (QED) is 0.833. The second kappa shape index (κ2) is 3.95. The zero-order valence-corrected chi connectivity index (χ0v) is 7.95. The van der Waals surface area contributed by atoms with Gasteiger partial charge in [-0.2, -0.15) is 13.2 Å². The highest BCUT2D eigenvalue weighted by molar-refractivity contribution is 7.09. The first kappa shape index (κ1) is 11.0. The molecule has 7 heteroatoms. The average Bonchev–Trinajstić information content (AvgIpc) is 2.53. The molecule has 0 saturated heterocycles. The smallest absolute Gasteiger partial charge is 0.339 e. The molecule has 0 bridgehead atoms. The first-order chi connectivity index (χ1) is 6.41. The summed E-state index contributed by atoms with van der Waals surface area (Å²) in [6, 6.07) is -0.718. The maximum absolute atomic E-state index is 11.8. The van der Waals surface area contributed by atoms with Gasteiger partial charge in [-0.3, -0.25) is 4.79 Å². The molecule has 1 unspecified atom stereocenters. The Bertz CT molecular complexity index is 309. The van der Waals surface area contributed by atoms with Crippen molar-refractivity contribution in [1.29, 1.82) is 0 Å². The van der Waals surface area contributed by atoms with Crippen LogP contribution in [0.3, 0.4) is 0 Å². The first-order valence-corrected chi connectivity index (χ1v) is 4.56. The van der Waals surface area contributed by atoms with E-state index in [0.717, 1.165) is 0 Å². The van der Waals surface area contributed by atoms with Crippen LogP contribution in [0.2, 0.25) is 0 Å². The predicted octanol–water partition coefficient (Wildman–Crippen LogP) is 1.88. The van der Waals surface area contributed by atoms with Crippen LogP contribution in [-0.2, 0) is 4.79 Å². The Morgan fingerprint density at radius 2 is 2.29 bits per heavy atom. The SMILES string of the molecule is CC(NC(=O)C(F)(F)F)c1nccs1. The second-order valence-corrected chi connectivity index (χ2v) is 3.49. The molecule has 0 aliphatic heterocycles. The number of nitrogens with one attached hydrogen (secondary N) is 1. The highest BCUT2D eigenvalue weighted by Gasteiger charge is 2.39. The van der Waals surface area contributed by atoms with Crippen LogP contribution in [0.25, 0.3) is 0 Å². The standard InChI is InChI=1S/C7H7F3N2OS/c1-4(5-11-2-3-14-5)12-6(13)7(8,9)10/h2-4H,1H3,(H,12,13). The van der Waals surface area contributed by atoms with Gasteiger partial charge in [-0.25, -0.2) is 4.98 Å². The van der Waals surface area contributed by atoms with Crippen LogP contribution in [0.4, 0.5) is 13.2 Å². The molecule has 1 heterocycles. The fourth-order valence-corrected chi connectivity index (χ4v) is 1.43. The van der Waals surface area contributed by atoms with Gasteiger partial charge in [0.25, 0.3) is 0 Å². The van der Waals surface area contributed by atoms with Gasteiger partial charge in [0.15, 0.2) is 0 Å². The average molecular weight is 224 g/mol. The van der Waals surface area contributed by atoms with Crippen molar-refractivity contribution in [3.63, 3.8) is 0 Å². The number of rotatable bonds is 2. The highest BCUT2D eigenvalue weighted by atomic mass is 32.1. The number of hydrogen-bond acceptors (Lipinski definition) is 3. The molecule has 1 amide bonds. The lowest BCUT2D eigenvalue weighted by Crippen LogP contribution is -2.38. The summed E-state index contributed by atoms with van der Waals surface area (Å²) in [6.45, 7) is 1.45. The summed E-state index contributed by atoms with van der Waals surface area (Å²) in [5.74, 6) is -1.94. The number of hydrogen-bond donors (Lipinski definition) is 1. The normalized spacial score (nSPS) is 13.7. The van der Waals surface area contributed by atoms with Crippen LogP contribution >= 0.6 is 11.3 Å². The van der Waals surface area contributed by atoms with Crippen molar-refractivity contribution >= 4 is 17.2 Å². The van der Waals surface area contributed by atoms with Gasteiger partial charge in [0.2, 0.25) is 0 Å². The molecule has 1 N–H and O–H groups in total. The molecule has 78 valence electrons. The minimum Gasteiger partial charge on any atom is -0.339 e. The fraction of sp³-hybridized carbons (Fsp3) is 0.429. The Morgan fingerprint density at radius 3 is 2.71 bits per heavy atom. The number of halogens is 3. The molecular weight excluding hydrogens is 217 g/mol. The van der Waals surface area contributed by atoms with E-state index < -0.39 is 18.1 Å². The van der Waals surface area contributed by atoms with E-state index in [2.05, 4.69) is 4.98 Å². The molecule has 0 radical (unpaired) electrons. The summed E-state index contributed by atoms with van der Waals surface area (Å²) in [7, 11) is 0. The molecule has 1 aromatic heterocycles. The molecule has 0 aliphatic rings. The van der Waals surface area contributed by atoms with Gasteiger partial charge in [-0.1, -0.05) is 0 Å². The van der Waals surface area contributed by atoms with Crippen molar-refractivity contribution in [2.45, 2.75) is 19.1 Å². The molecule has 1 atom stereocenters. The lowest BCUT2D eigenvalue weighted by Gasteiger charge is -2.12. The third-order valence-corrected chi connectivity index (χ3v) is 2.39. The van der Waals surface area contributed by atoms with E-state index in [1.54, 1.807) is 10.7 Å². The van der Waals surface area contributed by atoms with E-state index in [0.29, 0.717) is 5.01 Å². The largest absolute Gasteiger partial charge is 0.471 e. The van der Waals surface area contributed by atoms with Crippen molar-refractivity contribution in [3.05, 3.63) is 16.6 Å². The Kier molecular flexibility index (Phi) is 3.10. The van der Waals surface area contributed by atoms with Crippen LogP contribution in [0, 0.1) is 0 Å². The minimum atomic E-state index is -4.84. The second-order valence-electron chi connectivity index (χ2n) is 2.56. The molecule has 3 nitrogen and oxygen atoms in total. The van der Waals surface area contributed by atoms with Gasteiger partial charge in [-0.15, -0.1) is 11.3 Å². The highest BCUT2D eigenvalue weighted by Crippen LogP contribution is 2.19. The molecule has 0 saturated carbocycles. The van der Waals surface area contributed by atoms with E-state index in [1.165, 1.54) is 24.5 Å². The van der Waals surface area contributed by atoms with Gasteiger partial charge < -0.3 is 5.32 Å². The van der Waals surface area contributed by atoms with E-state index in [-0.39, 0.29) is 0 Å². The summed E-state index contributed by atoms with van der Waals surface area (Å²) < 4.78 is 35.5. The van der Waals surface area contributed by atoms with Gasteiger partial charge in [-0.05, 0) is 6.92 Å². The summed E-state index contributed by atoms with van der Waals surface area (Å²) in [4.78, 5) is 14.3. The molecule has 1 aromatic rings. The van der Waals surface area contributed by atoms with Gasteiger partial charge >= 0.3 is 12.1 Å². The van der Waals surface area contributed by atoms with Crippen LogP contribution < -0.4 is 5.32 Å². The molecule has 0 spiro atoms. The summed E-state index contributed by atoms with van der Waals surface area (Å²) in [6.07, 6.45) is -3.37. The Labute approximate surface area is 82.0 Å².